The zero-order valence-corrected chi connectivity index (χ0v) is 10.5. The number of aryl methyl sites for hydroxylation is 1. The van der Waals surface area contributed by atoms with E-state index in [4.69, 9.17) is 10.6 Å². The molecule has 0 bridgehead atoms. The molecule has 1 aliphatic rings. The van der Waals surface area contributed by atoms with Crippen LogP contribution in [0.3, 0.4) is 0 Å². The molecule has 2 atom stereocenters. The summed E-state index contributed by atoms with van der Waals surface area (Å²) in [7, 11) is 1.74. The van der Waals surface area contributed by atoms with E-state index in [1.165, 1.54) is 12.8 Å². The van der Waals surface area contributed by atoms with Crippen LogP contribution in [0.1, 0.15) is 37.9 Å². The minimum Gasteiger partial charge on any atom is -0.379 e. The highest BCUT2D eigenvalue weighted by atomic mass is 16.5. The Morgan fingerprint density at radius 1 is 1.65 bits per heavy atom. The van der Waals surface area contributed by atoms with Crippen LogP contribution < -0.4 is 11.3 Å². The fourth-order valence-electron chi connectivity index (χ4n) is 2.27. The fourth-order valence-corrected chi connectivity index (χ4v) is 2.27. The van der Waals surface area contributed by atoms with Crippen LogP contribution in [0, 0.1) is 5.92 Å². The molecule has 17 heavy (non-hydrogen) atoms. The van der Waals surface area contributed by atoms with Crippen molar-refractivity contribution in [2.75, 3.05) is 7.11 Å². The summed E-state index contributed by atoms with van der Waals surface area (Å²) in [6.07, 6.45) is 5.33. The molecular weight excluding hydrogens is 218 g/mol. The first-order chi connectivity index (χ1) is 8.31. The van der Waals surface area contributed by atoms with Crippen LogP contribution in [0.2, 0.25) is 0 Å². The van der Waals surface area contributed by atoms with Gasteiger partial charge in [-0.2, -0.15) is 0 Å². The lowest BCUT2D eigenvalue weighted by molar-refractivity contribution is 0.0479. The number of ether oxygens (including phenoxy) is 1. The Kier molecular flexibility index (Phi) is 4.09. The Morgan fingerprint density at radius 3 is 2.94 bits per heavy atom. The number of nitrogens with zero attached hydrogens (tertiary/aromatic N) is 3. The summed E-state index contributed by atoms with van der Waals surface area (Å²) in [5.41, 5.74) is 3.86. The second-order valence-corrected chi connectivity index (χ2v) is 4.56. The maximum absolute atomic E-state index is 5.67. The van der Waals surface area contributed by atoms with Crippen molar-refractivity contribution in [3.8, 4) is 0 Å². The summed E-state index contributed by atoms with van der Waals surface area (Å²) in [6, 6.07) is -0.0333. The van der Waals surface area contributed by atoms with E-state index in [1.807, 2.05) is 4.68 Å². The molecule has 2 rings (SSSR count). The SMILES string of the molecule is CCCn1nncc1C(NN)C(OC)C1CC1. The first-order valence-electron chi connectivity index (χ1n) is 6.19. The number of methoxy groups -OCH3 is 1. The van der Waals surface area contributed by atoms with Crippen LogP contribution in [-0.4, -0.2) is 28.2 Å². The van der Waals surface area contributed by atoms with Gasteiger partial charge in [0.15, 0.2) is 0 Å². The topological polar surface area (TPSA) is 78.0 Å². The maximum Gasteiger partial charge on any atom is 0.0909 e. The lowest BCUT2D eigenvalue weighted by Crippen LogP contribution is -2.40. The number of hydrazine groups is 1. The van der Waals surface area contributed by atoms with Crippen molar-refractivity contribution < 1.29 is 4.74 Å². The minimum atomic E-state index is -0.0333. The molecule has 1 aromatic rings. The van der Waals surface area contributed by atoms with Crippen molar-refractivity contribution in [2.24, 2.45) is 11.8 Å². The van der Waals surface area contributed by atoms with Crippen molar-refractivity contribution >= 4 is 0 Å². The van der Waals surface area contributed by atoms with E-state index in [-0.39, 0.29) is 12.1 Å². The number of nitrogens with two attached hydrogens (primary N) is 1. The summed E-state index contributed by atoms with van der Waals surface area (Å²) in [6.45, 7) is 2.97. The highest BCUT2D eigenvalue weighted by Gasteiger charge is 2.38. The molecule has 1 fully saturated rings. The van der Waals surface area contributed by atoms with Gasteiger partial charge in [0, 0.05) is 13.7 Å². The molecule has 1 heterocycles. The maximum atomic E-state index is 5.67. The normalized spacial score (nSPS) is 19.2. The molecule has 0 radical (unpaired) electrons. The molecule has 0 saturated heterocycles. The van der Waals surface area contributed by atoms with Gasteiger partial charge in [-0.25, -0.2) is 10.1 Å². The van der Waals surface area contributed by atoms with Crippen molar-refractivity contribution in [3.05, 3.63) is 11.9 Å². The zero-order chi connectivity index (χ0) is 12.3. The predicted molar refractivity (Wildman–Crippen MR) is 63.9 cm³/mol. The highest BCUT2D eigenvalue weighted by molar-refractivity contribution is 5.07. The minimum absolute atomic E-state index is 0.0333. The van der Waals surface area contributed by atoms with E-state index in [9.17, 15) is 0 Å². The second-order valence-electron chi connectivity index (χ2n) is 4.56. The van der Waals surface area contributed by atoms with Crippen molar-refractivity contribution in [3.63, 3.8) is 0 Å². The van der Waals surface area contributed by atoms with Crippen LogP contribution in [-0.2, 0) is 11.3 Å². The summed E-state index contributed by atoms with van der Waals surface area (Å²) >= 11 is 0. The number of hydrogen-bond acceptors (Lipinski definition) is 5. The van der Waals surface area contributed by atoms with E-state index in [0.717, 1.165) is 18.7 Å². The Morgan fingerprint density at radius 2 is 2.41 bits per heavy atom. The third-order valence-corrected chi connectivity index (χ3v) is 3.27. The third-order valence-electron chi connectivity index (χ3n) is 3.27. The molecule has 3 N–H and O–H groups in total. The standard InChI is InChI=1S/C11H21N5O/c1-3-6-16-9(7-13-15-16)10(14-12)11(17-2)8-4-5-8/h7-8,10-11,14H,3-6,12H2,1-2H3. The molecule has 1 aromatic heterocycles. The largest absolute Gasteiger partial charge is 0.379 e. The molecule has 0 amide bonds. The van der Waals surface area contributed by atoms with Gasteiger partial charge in [-0.3, -0.25) is 5.84 Å². The Labute approximate surface area is 101 Å². The molecule has 1 saturated carbocycles. The van der Waals surface area contributed by atoms with E-state index in [2.05, 4.69) is 22.7 Å². The summed E-state index contributed by atoms with van der Waals surface area (Å²) in [5, 5.41) is 8.05. The summed E-state index contributed by atoms with van der Waals surface area (Å²) < 4.78 is 7.47. The predicted octanol–water partition coefficient (Wildman–Crippen LogP) is 0.617. The van der Waals surface area contributed by atoms with Crippen molar-refractivity contribution in [1.82, 2.24) is 20.4 Å². The van der Waals surface area contributed by atoms with Crippen LogP contribution in [0.5, 0.6) is 0 Å². The first-order valence-corrected chi connectivity index (χ1v) is 6.19. The van der Waals surface area contributed by atoms with E-state index in [0.29, 0.717) is 5.92 Å². The number of rotatable bonds is 7. The zero-order valence-electron chi connectivity index (χ0n) is 10.5. The molecular formula is C11H21N5O. The van der Waals surface area contributed by atoms with Gasteiger partial charge in [0.1, 0.15) is 0 Å². The van der Waals surface area contributed by atoms with Crippen LogP contribution in [0.4, 0.5) is 0 Å². The first kappa shape index (κ1) is 12.5. The monoisotopic (exact) mass is 239 g/mol. The average Bonchev–Trinajstić information content (AvgIpc) is 3.07. The fraction of sp³-hybridized carbons (Fsp3) is 0.818. The molecule has 6 heteroatoms. The number of hydrogen-bond donors (Lipinski definition) is 2. The number of aromatic nitrogens is 3. The second kappa shape index (κ2) is 5.57. The third kappa shape index (κ3) is 2.65. The molecule has 0 aromatic carbocycles. The van der Waals surface area contributed by atoms with Crippen LogP contribution in [0.25, 0.3) is 0 Å². The van der Waals surface area contributed by atoms with Gasteiger partial charge in [0.2, 0.25) is 0 Å². The van der Waals surface area contributed by atoms with Crippen molar-refractivity contribution in [1.29, 1.82) is 0 Å². The van der Waals surface area contributed by atoms with Gasteiger partial charge in [-0.05, 0) is 25.2 Å². The molecule has 0 aliphatic heterocycles. The van der Waals surface area contributed by atoms with E-state index < -0.39 is 0 Å². The Bertz CT molecular complexity index is 349. The average molecular weight is 239 g/mol. The molecule has 1 aliphatic carbocycles. The molecule has 0 spiro atoms. The highest BCUT2D eigenvalue weighted by Crippen LogP contribution is 2.39. The van der Waals surface area contributed by atoms with Gasteiger partial charge in [-0.15, -0.1) is 5.10 Å². The lowest BCUT2D eigenvalue weighted by atomic mass is 10.0. The van der Waals surface area contributed by atoms with Gasteiger partial charge < -0.3 is 4.74 Å². The summed E-state index contributed by atoms with van der Waals surface area (Å²) in [5.74, 6) is 6.27. The van der Waals surface area contributed by atoms with E-state index in [1.54, 1.807) is 13.3 Å². The van der Waals surface area contributed by atoms with E-state index >= 15 is 0 Å². The molecule has 2 unspecified atom stereocenters. The van der Waals surface area contributed by atoms with Crippen LogP contribution >= 0.6 is 0 Å². The smallest absolute Gasteiger partial charge is 0.0909 e. The lowest BCUT2D eigenvalue weighted by Gasteiger charge is -2.25. The summed E-state index contributed by atoms with van der Waals surface area (Å²) in [4.78, 5) is 0. The molecule has 96 valence electrons. The Balaban J connectivity index is 2.17. The van der Waals surface area contributed by atoms with Gasteiger partial charge in [0.05, 0.1) is 24.0 Å². The number of nitrogens with one attached hydrogen (secondary N) is 1. The van der Waals surface area contributed by atoms with Gasteiger partial charge in [0.25, 0.3) is 0 Å². The quantitative estimate of drug-likeness (QED) is 0.538. The van der Waals surface area contributed by atoms with Gasteiger partial charge >= 0.3 is 0 Å². The Hall–Kier alpha value is -0.980. The van der Waals surface area contributed by atoms with Crippen LogP contribution in [0.15, 0.2) is 6.20 Å². The van der Waals surface area contributed by atoms with Gasteiger partial charge in [-0.1, -0.05) is 12.1 Å². The van der Waals surface area contributed by atoms with Crippen molar-refractivity contribution in [2.45, 2.75) is 44.9 Å². The molecule has 6 nitrogen and oxygen atoms in total.